The lowest BCUT2D eigenvalue weighted by Gasteiger charge is -2.32. The van der Waals surface area contributed by atoms with Gasteiger partial charge in [-0.3, -0.25) is 0 Å². The van der Waals surface area contributed by atoms with Crippen molar-refractivity contribution in [1.29, 1.82) is 0 Å². The van der Waals surface area contributed by atoms with Gasteiger partial charge < -0.3 is 9.64 Å². The van der Waals surface area contributed by atoms with Gasteiger partial charge in [-0.15, -0.1) is 0 Å². The molecule has 1 rings (SSSR count). The van der Waals surface area contributed by atoms with Crippen LogP contribution in [0.25, 0.3) is 0 Å². The van der Waals surface area contributed by atoms with Crippen molar-refractivity contribution < 1.29 is 17.9 Å². The van der Waals surface area contributed by atoms with Crippen molar-refractivity contribution in [3.05, 3.63) is 0 Å². The number of carbonyl (C=O) groups is 1. The fourth-order valence-corrected chi connectivity index (χ4v) is 3.10. The molecule has 0 bridgehead atoms. The van der Waals surface area contributed by atoms with Crippen molar-refractivity contribution in [2.24, 2.45) is 0 Å². The van der Waals surface area contributed by atoms with Crippen molar-refractivity contribution in [2.75, 3.05) is 18.1 Å². The summed E-state index contributed by atoms with van der Waals surface area (Å²) in [6.45, 7) is 5.49. The largest absolute Gasteiger partial charge is 0.447 e. The van der Waals surface area contributed by atoms with E-state index in [-0.39, 0.29) is 30.2 Å². The molecule has 0 N–H and O–H groups in total. The second-order valence-electron chi connectivity index (χ2n) is 4.09. The molecule has 6 heteroatoms. The van der Waals surface area contributed by atoms with Gasteiger partial charge in [-0.05, 0) is 20.8 Å². The van der Waals surface area contributed by atoms with Gasteiger partial charge in [0.15, 0.2) is 9.84 Å². The number of amides is 1. The fraction of sp³-hybridized carbons (Fsp3) is 0.889. The summed E-state index contributed by atoms with van der Waals surface area (Å²) < 4.78 is 27.6. The van der Waals surface area contributed by atoms with Gasteiger partial charge in [0.2, 0.25) is 0 Å². The highest BCUT2D eigenvalue weighted by Crippen LogP contribution is 2.13. The molecule has 1 atom stereocenters. The minimum Gasteiger partial charge on any atom is -0.447 e. The Kier molecular flexibility index (Phi) is 3.59. The summed E-state index contributed by atoms with van der Waals surface area (Å²) in [6, 6.07) is -0.296. The van der Waals surface area contributed by atoms with Crippen LogP contribution in [-0.2, 0) is 14.6 Å². The number of sulfone groups is 1. The fourth-order valence-electron chi connectivity index (χ4n) is 1.54. The first kappa shape index (κ1) is 12.3. The Bertz CT molecular complexity index is 336. The Morgan fingerprint density at radius 3 is 2.53 bits per heavy atom. The van der Waals surface area contributed by atoms with E-state index in [9.17, 15) is 13.2 Å². The van der Waals surface area contributed by atoms with Crippen LogP contribution >= 0.6 is 0 Å². The van der Waals surface area contributed by atoms with E-state index in [0.717, 1.165) is 0 Å². The standard InChI is InChI=1S/C9H17NO4S/c1-7(2)14-9(11)10-4-5-15(12,13)6-8(10)3/h7-8H,4-6H2,1-3H3. The quantitative estimate of drug-likeness (QED) is 0.669. The molecule has 0 saturated carbocycles. The van der Waals surface area contributed by atoms with Gasteiger partial charge in [-0.25, -0.2) is 13.2 Å². The number of ether oxygens (including phenoxy) is 1. The van der Waals surface area contributed by atoms with Gasteiger partial charge in [-0.2, -0.15) is 0 Å². The SMILES string of the molecule is CC(C)OC(=O)N1CCS(=O)(=O)CC1C. The Morgan fingerprint density at radius 1 is 1.47 bits per heavy atom. The topological polar surface area (TPSA) is 63.7 Å². The molecule has 0 aromatic heterocycles. The van der Waals surface area contributed by atoms with Gasteiger partial charge in [0.25, 0.3) is 0 Å². The zero-order valence-electron chi connectivity index (χ0n) is 9.26. The van der Waals surface area contributed by atoms with Crippen molar-refractivity contribution >= 4 is 15.9 Å². The third-order valence-electron chi connectivity index (χ3n) is 2.24. The Balaban J connectivity index is 2.62. The van der Waals surface area contributed by atoms with Crippen LogP contribution in [0.5, 0.6) is 0 Å². The predicted octanol–water partition coefficient (Wildman–Crippen LogP) is 0.650. The zero-order chi connectivity index (χ0) is 11.6. The number of rotatable bonds is 1. The molecule has 5 nitrogen and oxygen atoms in total. The van der Waals surface area contributed by atoms with Crippen molar-refractivity contribution in [3.8, 4) is 0 Å². The van der Waals surface area contributed by atoms with Gasteiger partial charge in [0, 0.05) is 12.6 Å². The van der Waals surface area contributed by atoms with Crippen LogP contribution in [0, 0.1) is 0 Å². The summed E-state index contributed by atoms with van der Waals surface area (Å²) in [7, 11) is -2.98. The van der Waals surface area contributed by atoms with Crippen LogP contribution in [0.3, 0.4) is 0 Å². The van der Waals surface area contributed by atoms with Crippen molar-refractivity contribution in [2.45, 2.75) is 32.9 Å². The highest BCUT2D eigenvalue weighted by Gasteiger charge is 2.32. The van der Waals surface area contributed by atoms with E-state index in [0.29, 0.717) is 0 Å². The van der Waals surface area contributed by atoms with Crippen molar-refractivity contribution in [3.63, 3.8) is 0 Å². The van der Waals surface area contributed by atoms with Gasteiger partial charge in [-0.1, -0.05) is 0 Å². The molecule has 1 saturated heterocycles. The van der Waals surface area contributed by atoms with E-state index in [2.05, 4.69) is 0 Å². The summed E-state index contributed by atoms with van der Waals surface area (Å²) in [5.74, 6) is 0.0602. The molecule has 88 valence electrons. The first-order chi connectivity index (χ1) is 6.82. The molecule has 1 heterocycles. The molecule has 1 aliphatic rings. The number of carbonyl (C=O) groups excluding carboxylic acids is 1. The molecule has 0 aromatic carbocycles. The number of hydrogen-bond acceptors (Lipinski definition) is 4. The zero-order valence-corrected chi connectivity index (χ0v) is 10.1. The summed E-state index contributed by atoms with van der Waals surface area (Å²) in [6.07, 6.45) is -0.601. The Hall–Kier alpha value is -0.780. The van der Waals surface area contributed by atoms with Gasteiger partial charge in [0.1, 0.15) is 0 Å². The van der Waals surface area contributed by atoms with Crippen LogP contribution in [0.1, 0.15) is 20.8 Å². The normalized spacial score (nSPS) is 25.3. The van der Waals surface area contributed by atoms with Crippen LogP contribution in [0.2, 0.25) is 0 Å². The Labute approximate surface area is 90.3 Å². The number of hydrogen-bond donors (Lipinski definition) is 0. The molecule has 1 unspecified atom stereocenters. The van der Waals surface area contributed by atoms with Crippen LogP contribution < -0.4 is 0 Å². The minimum absolute atomic E-state index is 0.0280. The second kappa shape index (κ2) is 4.38. The molecular formula is C9H17NO4S. The van der Waals surface area contributed by atoms with Crippen LogP contribution in [0.4, 0.5) is 4.79 Å². The van der Waals surface area contributed by atoms with Crippen LogP contribution in [0.15, 0.2) is 0 Å². The van der Waals surface area contributed by atoms with E-state index in [1.54, 1.807) is 20.8 Å². The first-order valence-corrected chi connectivity index (χ1v) is 6.81. The average molecular weight is 235 g/mol. The smallest absolute Gasteiger partial charge is 0.410 e. The van der Waals surface area contributed by atoms with E-state index >= 15 is 0 Å². The van der Waals surface area contributed by atoms with Gasteiger partial charge in [0.05, 0.1) is 17.6 Å². The summed E-state index contributed by atoms with van der Waals surface area (Å²) in [4.78, 5) is 13.0. The third kappa shape index (κ3) is 3.37. The lowest BCUT2D eigenvalue weighted by molar-refractivity contribution is 0.0690. The lowest BCUT2D eigenvalue weighted by atomic mass is 10.3. The third-order valence-corrected chi connectivity index (χ3v) is 4.04. The van der Waals surface area contributed by atoms with E-state index in [4.69, 9.17) is 4.74 Å². The van der Waals surface area contributed by atoms with Gasteiger partial charge >= 0.3 is 6.09 Å². The first-order valence-electron chi connectivity index (χ1n) is 4.99. The maximum atomic E-state index is 11.5. The van der Waals surface area contributed by atoms with E-state index < -0.39 is 15.9 Å². The summed E-state index contributed by atoms with van der Waals surface area (Å²) >= 11 is 0. The maximum Gasteiger partial charge on any atom is 0.410 e. The molecule has 0 spiro atoms. The highest BCUT2D eigenvalue weighted by molar-refractivity contribution is 7.91. The average Bonchev–Trinajstić information content (AvgIpc) is 1.99. The minimum atomic E-state index is -2.98. The summed E-state index contributed by atoms with van der Waals surface area (Å²) in [5.41, 5.74) is 0. The maximum absolute atomic E-state index is 11.5. The molecule has 0 radical (unpaired) electrons. The molecule has 15 heavy (non-hydrogen) atoms. The van der Waals surface area contributed by atoms with Crippen molar-refractivity contribution in [1.82, 2.24) is 4.90 Å². The molecule has 1 aliphatic heterocycles. The van der Waals surface area contributed by atoms with E-state index in [1.807, 2.05) is 0 Å². The molecular weight excluding hydrogens is 218 g/mol. The molecule has 0 aromatic rings. The predicted molar refractivity (Wildman–Crippen MR) is 56.4 cm³/mol. The van der Waals surface area contributed by atoms with E-state index in [1.165, 1.54) is 4.90 Å². The highest BCUT2D eigenvalue weighted by atomic mass is 32.2. The number of nitrogens with zero attached hydrogens (tertiary/aromatic N) is 1. The second-order valence-corrected chi connectivity index (χ2v) is 6.32. The lowest BCUT2D eigenvalue weighted by Crippen LogP contribution is -2.50. The Morgan fingerprint density at radius 2 is 2.07 bits per heavy atom. The molecule has 0 aliphatic carbocycles. The molecule has 1 amide bonds. The monoisotopic (exact) mass is 235 g/mol. The molecule has 1 fully saturated rings. The summed E-state index contributed by atoms with van der Waals surface area (Å²) in [5, 5.41) is 0. The van der Waals surface area contributed by atoms with Crippen LogP contribution in [-0.4, -0.2) is 49.6 Å².